The highest BCUT2D eigenvalue weighted by molar-refractivity contribution is 6.33. The Labute approximate surface area is 164 Å². The maximum atomic E-state index is 12.3. The fourth-order valence-corrected chi connectivity index (χ4v) is 2.49. The van der Waals surface area contributed by atoms with Gasteiger partial charge < -0.3 is 10.6 Å². The molecule has 0 bridgehead atoms. The van der Waals surface area contributed by atoms with Crippen molar-refractivity contribution in [3.05, 3.63) is 71.0 Å². The van der Waals surface area contributed by atoms with Gasteiger partial charge in [-0.1, -0.05) is 35.9 Å². The van der Waals surface area contributed by atoms with Crippen LogP contribution in [0.25, 0.3) is 0 Å². The van der Waals surface area contributed by atoms with E-state index in [0.29, 0.717) is 34.4 Å². The summed E-state index contributed by atoms with van der Waals surface area (Å²) in [5, 5.41) is 6.80. The minimum Gasteiger partial charge on any atom is -0.353 e. The van der Waals surface area contributed by atoms with Crippen LogP contribution < -0.4 is 16.1 Å². The van der Waals surface area contributed by atoms with Crippen molar-refractivity contribution >= 4 is 34.7 Å². The highest BCUT2D eigenvalue weighted by atomic mass is 35.5. The molecular weight excluding hydrogens is 364 g/mol. The van der Waals surface area contributed by atoms with E-state index in [-0.39, 0.29) is 5.91 Å². The lowest BCUT2D eigenvalue weighted by molar-refractivity contribution is 0.0365. The number of amides is 1. The van der Waals surface area contributed by atoms with Gasteiger partial charge in [0, 0.05) is 11.8 Å². The Morgan fingerprint density at radius 3 is 2.74 bits per heavy atom. The maximum absolute atomic E-state index is 12.3. The van der Waals surface area contributed by atoms with Gasteiger partial charge in [0.05, 0.1) is 34.8 Å². The Morgan fingerprint density at radius 1 is 1.30 bits per heavy atom. The molecule has 6 nitrogen and oxygen atoms in total. The van der Waals surface area contributed by atoms with Crippen molar-refractivity contribution in [3.63, 3.8) is 0 Å². The second-order valence-electron chi connectivity index (χ2n) is 5.88. The number of allylic oxidation sites excluding steroid dienone is 3. The first-order valence-electron chi connectivity index (χ1n) is 8.45. The van der Waals surface area contributed by atoms with Crippen molar-refractivity contribution in [3.8, 4) is 0 Å². The van der Waals surface area contributed by atoms with Gasteiger partial charge in [-0.25, -0.2) is 10.5 Å². The van der Waals surface area contributed by atoms with Crippen LogP contribution in [0.2, 0.25) is 5.02 Å². The molecule has 0 atom stereocenters. The van der Waals surface area contributed by atoms with Crippen LogP contribution in [-0.2, 0) is 4.84 Å². The standard InChI is InChI=1S/C20H23ClN4O2/c1-5-27-25-20(26)15-8-6-7-9-17(15)24-18-11-19(22-12-16(18)21)23-14(4)10-13(2)3/h6-12H,2,5H2,1,3-4H3,(H,25,26)(H2,22,23,24)/b14-10+. The molecule has 0 saturated carbocycles. The zero-order valence-corrected chi connectivity index (χ0v) is 16.4. The van der Waals surface area contributed by atoms with E-state index in [9.17, 15) is 4.79 Å². The molecule has 2 rings (SSSR count). The molecule has 0 saturated heterocycles. The monoisotopic (exact) mass is 386 g/mol. The normalized spacial score (nSPS) is 11.0. The molecule has 2 aromatic rings. The number of nitrogens with zero attached hydrogens (tertiary/aromatic N) is 1. The van der Waals surface area contributed by atoms with Gasteiger partial charge in [-0.3, -0.25) is 9.63 Å². The zero-order valence-electron chi connectivity index (χ0n) is 15.6. The number of hydroxylamine groups is 1. The number of rotatable bonds is 8. The van der Waals surface area contributed by atoms with E-state index in [4.69, 9.17) is 16.4 Å². The molecule has 27 heavy (non-hydrogen) atoms. The molecule has 0 fully saturated rings. The molecule has 0 unspecified atom stereocenters. The lowest BCUT2D eigenvalue weighted by Gasteiger charge is -2.14. The summed E-state index contributed by atoms with van der Waals surface area (Å²) >= 11 is 6.28. The number of hydrogen-bond donors (Lipinski definition) is 3. The summed E-state index contributed by atoms with van der Waals surface area (Å²) in [6.45, 7) is 9.86. The molecule has 0 spiro atoms. The molecule has 0 aliphatic heterocycles. The Kier molecular flexibility index (Phi) is 7.40. The smallest absolute Gasteiger partial charge is 0.276 e. The number of nitrogens with one attached hydrogen (secondary N) is 3. The van der Waals surface area contributed by atoms with Crippen LogP contribution in [0.15, 0.2) is 60.5 Å². The van der Waals surface area contributed by atoms with Gasteiger partial charge in [0.1, 0.15) is 5.82 Å². The molecular formula is C20H23ClN4O2. The van der Waals surface area contributed by atoms with Crippen LogP contribution in [0.5, 0.6) is 0 Å². The van der Waals surface area contributed by atoms with Crippen LogP contribution in [0.3, 0.4) is 0 Å². The van der Waals surface area contributed by atoms with Crippen molar-refractivity contribution in [1.82, 2.24) is 10.5 Å². The van der Waals surface area contributed by atoms with E-state index in [1.54, 1.807) is 37.4 Å². The number of carbonyl (C=O) groups excluding carboxylic acids is 1. The first-order valence-corrected chi connectivity index (χ1v) is 8.83. The quantitative estimate of drug-likeness (QED) is 0.437. The number of aromatic nitrogens is 1. The Bertz CT molecular complexity index is 865. The van der Waals surface area contributed by atoms with Crippen molar-refractivity contribution in [2.75, 3.05) is 17.2 Å². The summed E-state index contributed by atoms with van der Waals surface area (Å²) < 4.78 is 0. The second-order valence-corrected chi connectivity index (χ2v) is 6.29. The molecule has 7 heteroatoms. The summed E-state index contributed by atoms with van der Waals surface area (Å²) in [5.41, 5.74) is 5.88. The first kappa shape index (κ1) is 20.5. The molecule has 1 aromatic carbocycles. The third-order valence-electron chi connectivity index (χ3n) is 3.39. The predicted molar refractivity (Wildman–Crippen MR) is 110 cm³/mol. The molecule has 0 aliphatic rings. The minimum atomic E-state index is -0.344. The highest BCUT2D eigenvalue weighted by Gasteiger charge is 2.13. The summed E-state index contributed by atoms with van der Waals surface area (Å²) in [5.74, 6) is 0.275. The number of halogens is 1. The van der Waals surface area contributed by atoms with E-state index in [1.165, 1.54) is 0 Å². The molecule has 3 N–H and O–H groups in total. The number of pyridine rings is 1. The summed E-state index contributed by atoms with van der Waals surface area (Å²) in [6.07, 6.45) is 3.46. The highest BCUT2D eigenvalue weighted by Crippen LogP contribution is 2.29. The number of para-hydroxylation sites is 1. The number of benzene rings is 1. The number of hydrogen-bond acceptors (Lipinski definition) is 5. The van der Waals surface area contributed by atoms with Gasteiger partial charge in [-0.05, 0) is 39.0 Å². The average Bonchev–Trinajstić information content (AvgIpc) is 2.62. The molecule has 142 valence electrons. The van der Waals surface area contributed by atoms with Crippen LogP contribution in [-0.4, -0.2) is 17.5 Å². The van der Waals surface area contributed by atoms with Gasteiger partial charge in [-0.15, -0.1) is 0 Å². The number of carbonyl (C=O) groups is 1. The molecule has 1 aromatic heterocycles. The summed E-state index contributed by atoms with van der Waals surface area (Å²) in [7, 11) is 0. The zero-order chi connectivity index (χ0) is 19.8. The fourth-order valence-electron chi connectivity index (χ4n) is 2.34. The van der Waals surface area contributed by atoms with Crippen LogP contribution in [0.1, 0.15) is 31.1 Å². The molecule has 1 amide bonds. The Balaban J connectivity index is 2.26. The van der Waals surface area contributed by atoms with E-state index >= 15 is 0 Å². The van der Waals surface area contributed by atoms with E-state index in [0.717, 1.165) is 11.3 Å². The van der Waals surface area contributed by atoms with Gasteiger partial charge >= 0.3 is 0 Å². The van der Waals surface area contributed by atoms with E-state index < -0.39 is 0 Å². The minimum absolute atomic E-state index is 0.344. The summed E-state index contributed by atoms with van der Waals surface area (Å²) in [6, 6.07) is 8.86. The van der Waals surface area contributed by atoms with Crippen molar-refractivity contribution in [2.45, 2.75) is 20.8 Å². The van der Waals surface area contributed by atoms with Crippen molar-refractivity contribution in [1.29, 1.82) is 0 Å². The fraction of sp³-hybridized carbons (Fsp3) is 0.200. The average molecular weight is 387 g/mol. The topological polar surface area (TPSA) is 75.3 Å². The van der Waals surface area contributed by atoms with Gasteiger partial charge in [0.25, 0.3) is 5.91 Å². The van der Waals surface area contributed by atoms with Crippen LogP contribution >= 0.6 is 11.6 Å². The van der Waals surface area contributed by atoms with Crippen molar-refractivity contribution in [2.24, 2.45) is 0 Å². The predicted octanol–water partition coefficient (Wildman–Crippen LogP) is 5.05. The summed E-state index contributed by atoms with van der Waals surface area (Å²) in [4.78, 5) is 21.5. The SMILES string of the molecule is C=C(C)/C=C(\C)Nc1cc(Nc2ccccc2C(=O)NOCC)c(Cl)cn1. The lowest BCUT2D eigenvalue weighted by Crippen LogP contribution is -2.24. The largest absolute Gasteiger partial charge is 0.353 e. The third kappa shape index (κ3) is 6.13. The van der Waals surface area contributed by atoms with Crippen molar-refractivity contribution < 1.29 is 9.63 Å². The first-order chi connectivity index (χ1) is 12.9. The van der Waals surface area contributed by atoms with Gasteiger partial charge in [-0.2, -0.15) is 0 Å². The lowest BCUT2D eigenvalue weighted by atomic mass is 10.1. The Hall–Kier alpha value is -2.83. The Morgan fingerprint density at radius 2 is 2.04 bits per heavy atom. The maximum Gasteiger partial charge on any atom is 0.276 e. The molecule has 1 heterocycles. The van der Waals surface area contributed by atoms with Crippen LogP contribution in [0.4, 0.5) is 17.2 Å². The second kappa shape index (κ2) is 9.75. The number of anilines is 3. The van der Waals surface area contributed by atoms with E-state index in [1.807, 2.05) is 26.0 Å². The van der Waals surface area contributed by atoms with Gasteiger partial charge in [0.2, 0.25) is 0 Å². The molecule has 0 radical (unpaired) electrons. The van der Waals surface area contributed by atoms with Gasteiger partial charge in [0.15, 0.2) is 0 Å². The van der Waals surface area contributed by atoms with Crippen LogP contribution in [0, 0.1) is 0 Å². The third-order valence-corrected chi connectivity index (χ3v) is 3.69. The van der Waals surface area contributed by atoms with E-state index in [2.05, 4.69) is 27.7 Å². The molecule has 0 aliphatic carbocycles.